The third kappa shape index (κ3) is 3.84. The monoisotopic (exact) mass is 288 g/mol. The van der Waals surface area contributed by atoms with E-state index in [1.165, 1.54) is 5.56 Å². The number of aliphatic hydroxyl groups excluding tert-OH is 1. The smallest absolute Gasteiger partial charge is 0.104 e. The van der Waals surface area contributed by atoms with Crippen molar-refractivity contribution >= 4 is 11.6 Å². The molecule has 0 aliphatic rings. The summed E-state index contributed by atoms with van der Waals surface area (Å²) in [4.78, 5) is 0. The number of aliphatic hydroxyl groups is 1. The fourth-order valence-corrected chi connectivity index (χ4v) is 2.77. The van der Waals surface area contributed by atoms with Gasteiger partial charge >= 0.3 is 0 Å². The zero-order chi connectivity index (χ0) is 14.7. The molecule has 0 heterocycles. The van der Waals surface area contributed by atoms with Crippen molar-refractivity contribution in [3.8, 4) is 0 Å². The van der Waals surface area contributed by atoms with Gasteiger partial charge in [-0.05, 0) is 53.6 Å². The molecule has 1 nitrogen and oxygen atoms in total. The van der Waals surface area contributed by atoms with Gasteiger partial charge in [-0.25, -0.2) is 0 Å². The fraction of sp³-hybridized carbons (Fsp3) is 0.333. The van der Waals surface area contributed by atoms with Crippen molar-refractivity contribution in [2.45, 2.75) is 33.3 Å². The lowest BCUT2D eigenvalue weighted by atomic mass is 9.96. The molecule has 0 aliphatic heterocycles. The van der Waals surface area contributed by atoms with Crippen molar-refractivity contribution in [1.29, 1.82) is 0 Å². The van der Waals surface area contributed by atoms with Gasteiger partial charge in [0.15, 0.2) is 0 Å². The maximum atomic E-state index is 10.5. The van der Waals surface area contributed by atoms with Crippen LogP contribution in [0.25, 0.3) is 0 Å². The van der Waals surface area contributed by atoms with E-state index in [0.29, 0.717) is 10.9 Å². The lowest BCUT2D eigenvalue weighted by Crippen LogP contribution is -2.02. The number of aryl methyl sites for hydroxylation is 1. The molecule has 20 heavy (non-hydrogen) atoms. The molecule has 0 fully saturated rings. The first-order valence-electron chi connectivity index (χ1n) is 6.99. The molecule has 0 amide bonds. The lowest BCUT2D eigenvalue weighted by Gasteiger charge is -2.14. The third-order valence-electron chi connectivity index (χ3n) is 3.29. The summed E-state index contributed by atoms with van der Waals surface area (Å²) in [5, 5.41) is 11.2. The van der Waals surface area contributed by atoms with Gasteiger partial charge in [0.05, 0.1) is 0 Å². The van der Waals surface area contributed by atoms with E-state index in [4.69, 9.17) is 11.6 Å². The lowest BCUT2D eigenvalue weighted by molar-refractivity contribution is 0.220. The molecule has 1 unspecified atom stereocenters. The van der Waals surface area contributed by atoms with Crippen LogP contribution in [0.1, 0.15) is 42.2 Å². The Morgan fingerprint density at radius 1 is 1.05 bits per heavy atom. The van der Waals surface area contributed by atoms with E-state index < -0.39 is 6.10 Å². The predicted molar refractivity (Wildman–Crippen MR) is 85.2 cm³/mol. The summed E-state index contributed by atoms with van der Waals surface area (Å²) in [6, 6.07) is 13.9. The highest BCUT2D eigenvalue weighted by Gasteiger charge is 2.12. The average molecular weight is 289 g/mol. The number of halogens is 1. The Balaban J connectivity index is 2.30. The number of hydrogen-bond donors (Lipinski definition) is 1. The quantitative estimate of drug-likeness (QED) is 0.846. The summed E-state index contributed by atoms with van der Waals surface area (Å²) in [6.45, 7) is 6.38. The minimum Gasteiger partial charge on any atom is -0.384 e. The van der Waals surface area contributed by atoms with E-state index in [1.807, 2.05) is 37.3 Å². The molecule has 2 aromatic carbocycles. The van der Waals surface area contributed by atoms with E-state index in [-0.39, 0.29) is 0 Å². The van der Waals surface area contributed by atoms with Crippen molar-refractivity contribution < 1.29 is 5.11 Å². The summed E-state index contributed by atoms with van der Waals surface area (Å²) in [5.74, 6) is 0.607. The Bertz CT molecular complexity index is 569. The maximum absolute atomic E-state index is 10.5. The van der Waals surface area contributed by atoms with Gasteiger partial charge in [0, 0.05) is 5.02 Å². The minimum atomic E-state index is -0.625. The molecule has 0 aromatic heterocycles. The molecule has 0 saturated carbocycles. The van der Waals surface area contributed by atoms with Crippen LogP contribution >= 0.6 is 11.6 Å². The van der Waals surface area contributed by atoms with Gasteiger partial charge in [-0.3, -0.25) is 0 Å². The Morgan fingerprint density at radius 3 is 2.45 bits per heavy atom. The van der Waals surface area contributed by atoms with E-state index in [2.05, 4.69) is 26.0 Å². The van der Waals surface area contributed by atoms with Gasteiger partial charge in [0.1, 0.15) is 6.10 Å². The Morgan fingerprint density at radius 2 is 1.80 bits per heavy atom. The zero-order valence-corrected chi connectivity index (χ0v) is 13.0. The number of hydrogen-bond acceptors (Lipinski definition) is 1. The SMILES string of the molecule is Cc1cc(Cl)cc(C(O)c2cccc(CC(C)C)c2)c1. The Kier molecular flexibility index (Phi) is 4.85. The molecule has 2 heteroatoms. The van der Waals surface area contributed by atoms with Crippen LogP contribution in [-0.2, 0) is 6.42 Å². The molecule has 0 saturated heterocycles. The summed E-state index contributed by atoms with van der Waals surface area (Å²) in [5.41, 5.74) is 4.08. The second-order valence-electron chi connectivity index (χ2n) is 5.81. The molecule has 0 radical (unpaired) electrons. The Labute approximate surface area is 126 Å². The van der Waals surface area contributed by atoms with Gasteiger partial charge in [-0.1, -0.05) is 55.8 Å². The topological polar surface area (TPSA) is 20.2 Å². The second-order valence-corrected chi connectivity index (χ2v) is 6.24. The van der Waals surface area contributed by atoms with Crippen molar-refractivity contribution in [2.24, 2.45) is 5.92 Å². The van der Waals surface area contributed by atoms with Crippen LogP contribution < -0.4 is 0 Å². The van der Waals surface area contributed by atoms with Crippen LogP contribution in [0.4, 0.5) is 0 Å². The first kappa shape index (κ1) is 15.1. The highest BCUT2D eigenvalue weighted by atomic mass is 35.5. The van der Waals surface area contributed by atoms with E-state index in [9.17, 15) is 5.11 Å². The normalized spacial score (nSPS) is 12.7. The van der Waals surface area contributed by atoms with Gasteiger partial charge in [0.25, 0.3) is 0 Å². The average Bonchev–Trinajstić information content (AvgIpc) is 2.36. The van der Waals surface area contributed by atoms with Crippen LogP contribution in [-0.4, -0.2) is 5.11 Å². The van der Waals surface area contributed by atoms with Gasteiger partial charge in [-0.15, -0.1) is 0 Å². The largest absolute Gasteiger partial charge is 0.384 e. The number of benzene rings is 2. The molecule has 2 rings (SSSR count). The number of rotatable bonds is 4. The summed E-state index contributed by atoms with van der Waals surface area (Å²) >= 11 is 6.07. The highest BCUT2D eigenvalue weighted by molar-refractivity contribution is 6.30. The molecular formula is C18H21ClO. The van der Waals surface area contributed by atoms with Crippen LogP contribution in [0.15, 0.2) is 42.5 Å². The first-order chi connectivity index (χ1) is 9.45. The van der Waals surface area contributed by atoms with Crippen LogP contribution in [0.3, 0.4) is 0 Å². The molecule has 2 aromatic rings. The first-order valence-corrected chi connectivity index (χ1v) is 7.37. The van der Waals surface area contributed by atoms with E-state index in [1.54, 1.807) is 0 Å². The molecule has 0 aliphatic carbocycles. The van der Waals surface area contributed by atoms with Crippen molar-refractivity contribution in [1.82, 2.24) is 0 Å². The third-order valence-corrected chi connectivity index (χ3v) is 3.51. The van der Waals surface area contributed by atoms with E-state index >= 15 is 0 Å². The standard InChI is InChI=1S/C18H21ClO/c1-12(2)7-14-5-4-6-15(10-14)18(20)16-8-13(3)9-17(19)11-16/h4-6,8-12,18,20H,7H2,1-3H3. The van der Waals surface area contributed by atoms with Crippen molar-refractivity contribution in [2.75, 3.05) is 0 Å². The van der Waals surface area contributed by atoms with Crippen molar-refractivity contribution in [3.05, 3.63) is 69.7 Å². The molecule has 0 spiro atoms. The van der Waals surface area contributed by atoms with Crippen molar-refractivity contribution in [3.63, 3.8) is 0 Å². The van der Waals surface area contributed by atoms with Crippen LogP contribution in [0.2, 0.25) is 5.02 Å². The molecule has 106 valence electrons. The summed E-state index contributed by atoms with van der Waals surface area (Å²) < 4.78 is 0. The van der Waals surface area contributed by atoms with Gasteiger partial charge < -0.3 is 5.11 Å². The van der Waals surface area contributed by atoms with Crippen LogP contribution in [0.5, 0.6) is 0 Å². The summed E-state index contributed by atoms with van der Waals surface area (Å²) in [7, 11) is 0. The van der Waals surface area contributed by atoms with Crippen LogP contribution in [0, 0.1) is 12.8 Å². The van der Waals surface area contributed by atoms with E-state index in [0.717, 1.165) is 23.1 Å². The van der Waals surface area contributed by atoms with Gasteiger partial charge in [0.2, 0.25) is 0 Å². The molecular weight excluding hydrogens is 268 g/mol. The van der Waals surface area contributed by atoms with Gasteiger partial charge in [-0.2, -0.15) is 0 Å². The maximum Gasteiger partial charge on any atom is 0.104 e. The second kappa shape index (κ2) is 6.43. The highest BCUT2D eigenvalue weighted by Crippen LogP contribution is 2.26. The molecule has 1 N–H and O–H groups in total. The fourth-order valence-electron chi connectivity index (χ4n) is 2.48. The Hall–Kier alpha value is -1.31. The molecule has 0 bridgehead atoms. The zero-order valence-electron chi connectivity index (χ0n) is 12.2. The molecule has 1 atom stereocenters. The predicted octanol–water partition coefficient (Wildman–Crippen LogP) is 4.93. The summed E-state index contributed by atoms with van der Waals surface area (Å²) in [6.07, 6.45) is 0.397. The minimum absolute atomic E-state index is 0.607.